The molecule has 0 aromatic heterocycles. The van der Waals surface area contributed by atoms with Gasteiger partial charge in [0, 0.05) is 39.1 Å². The van der Waals surface area contributed by atoms with Gasteiger partial charge in [0.2, 0.25) is 5.91 Å². The first-order chi connectivity index (χ1) is 9.99. The molecule has 0 aliphatic carbocycles. The maximum Gasteiger partial charge on any atom is 0.303 e. The number of carboxylic acids is 1. The van der Waals surface area contributed by atoms with Crippen LogP contribution in [0.5, 0.6) is 0 Å². The lowest BCUT2D eigenvalue weighted by Gasteiger charge is -2.26. The van der Waals surface area contributed by atoms with E-state index in [2.05, 4.69) is 29.4 Å². The zero-order chi connectivity index (χ0) is 15.7. The van der Waals surface area contributed by atoms with Crippen LogP contribution in [0.3, 0.4) is 0 Å². The fourth-order valence-electron chi connectivity index (χ4n) is 2.65. The fraction of sp³-hybridized carbons (Fsp3) is 0.867. The number of carbonyl (C=O) groups excluding carboxylic acids is 1. The van der Waals surface area contributed by atoms with Crippen LogP contribution < -0.4 is 10.6 Å². The summed E-state index contributed by atoms with van der Waals surface area (Å²) in [5, 5.41) is 15.0. The summed E-state index contributed by atoms with van der Waals surface area (Å²) < 4.78 is 0. The molecule has 0 aromatic rings. The van der Waals surface area contributed by atoms with Crippen molar-refractivity contribution in [1.29, 1.82) is 0 Å². The lowest BCUT2D eigenvalue weighted by atomic mass is 9.88. The Kier molecular flexibility index (Phi) is 8.30. The normalized spacial score (nSPS) is 17.7. The molecule has 1 heterocycles. The lowest BCUT2D eigenvalue weighted by Crippen LogP contribution is -2.47. The molecular weight excluding hydrogens is 270 g/mol. The van der Waals surface area contributed by atoms with Gasteiger partial charge in [-0.05, 0) is 24.7 Å². The Morgan fingerprint density at radius 2 is 1.90 bits per heavy atom. The minimum absolute atomic E-state index is 0.0673. The molecule has 1 atom stereocenters. The van der Waals surface area contributed by atoms with E-state index in [9.17, 15) is 9.59 Å². The van der Waals surface area contributed by atoms with Gasteiger partial charge in [-0.15, -0.1) is 0 Å². The number of nitrogens with zero attached hydrogens (tertiary/aromatic N) is 1. The summed E-state index contributed by atoms with van der Waals surface area (Å²) in [6, 6.07) is 0. The number of carboxylic acid groups (broad SMARTS) is 1. The van der Waals surface area contributed by atoms with Crippen molar-refractivity contribution in [1.82, 2.24) is 15.5 Å². The third-order valence-corrected chi connectivity index (χ3v) is 4.09. The second kappa shape index (κ2) is 9.73. The maximum atomic E-state index is 11.9. The first-order valence-electron chi connectivity index (χ1n) is 7.90. The van der Waals surface area contributed by atoms with E-state index in [1.807, 2.05) is 0 Å². The summed E-state index contributed by atoms with van der Waals surface area (Å²) in [4.78, 5) is 24.7. The zero-order valence-electron chi connectivity index (χ0n) is 13.2. The first-order valence-corrected chi connectivity index (χ1v) is 7.90. The van der Waals surface area contributed by atoms with Gasteiger partial charge in [-0.2, -0.15) is 0 Å². The average Bonchev–Trinajstić information content (AvgIpc) is 2.43. The van der Waals surface area contributed by atoms with Gasteiger partial charge in [0.15, 0.2) is 0 Å². The highest BCUT2D eigenvalue weighted by Gasteiger charge is 2.16. The largest absolute Gasteiger partial charge is 0.481 e. The van der Waals surface area contributed by atoms with E-state index in [1.54, 1.807) is 0 Å². The number of piperazine rings is 1. The van der Waals surface area contributed by atoms with Crippen molar-refractivity contribution in [2.45, 2.75) is 33.1 Å². The van der Waals surface area contributed by atoms with Gasteiger partial charge in [0.05, 0.1) is 6.54 Å². The predicted molar refractivity (Wildman–Crippen MR) is 82.1 cm³/mol. The molecule has 1 unspecified atom stereocenters. The monoisotopic (exact) mass is 299 g/mol. The summed E-state index contributed by atoms with van der Waals surface area (Å²) in [5.41, 5.74) is 0. The Balaban J connectivity index is 2.19. The quantitative estimate of drug-likeness (QED) is 0.579. The van der Waals surface area contributed by atoms with E-state index < -0.39 is 5.97 Å². The molecule has 0 radical (unpaired) electrons. The number of nitrogens with one attached hydrogen (secondary N) is 2. The van der Waals surface area contributed by atoms with E-state index in [1.165, 1.54) is 0 Å². The van der Waals surface area contributed by atoms with Crippen molar-refractivity contribution < 1.29 is 14.7 Å². The minimum atomic E-state index is -0.747. The van der Waals surface area contributed by atoms with Crippen LogP contribution in [0.1, 0.15) is 33.1 Å². The summed E-state index contributed by atoms with van der Waals surface area (Å²) in [7, 11) is 0. The molecule has 3 N–H and O–H groups in total. The molecule has 21 heavy (non-hydrogen) atoms. The molecule has 1 aliphatic rings. The number of amides is 1. The van der Waals surface area contributed by atoms with Crippen LogP contribution in [0.2, 0.25) is 0 Å². The molecule has 0 saturated carbocycles. The number of rotatable bonds is 9. The molecule has 6 heteroatoms. The van der Waals surface area contributed by atoms with Crippen molar-refractivity contribution >= 4 is 11.9 Å². The smallest absolute Gasteiger partial charge is 0.303 e. The van der Waals surface area contributed by atoms with Crippen LogP contribution >= 0.6 is 0 Å². The molecule has 6 nitrogen and oxygen atoms in total. The van der Waals surface area contributed by atoms with Gasteiger partial charge in [0.25, 0.3) is 0 Å². The highest BCUT2D eigenvalue weighted by Crippen LogP contribution is 2.20. The number of hydrogen-bond acceptors (Lipinski definition) is 4. The van der Waals surface area contributed by atoms with Crippen LogP contribution in [0.25, 0.3) is 0 Å². The van der Waals surface area contributed by atoms with Crippen LogP contribution in [-0.2, 0) is 9.59 Å². The maximum absolute atomic E-state index is 11.9. The van der Waals surface area contributed by atoms with Crippen molar-refractivity contribution in [3.05, 3.63) is 0 Å². The van der Waals surface area contributed by atoms with Gasteiger partial charge in [-0.3, -0.25) is 14.5 Å². The van der Waals surface area contributed by atoms with Crippen LogP contribution in [0, 0.1) is 11.8 Å². The van der Waals surface area contributed by atoms with Crippen molar-refractivity contribution in [3.63, 3.8) is 0 Å². The molecule has 0 aromatic carbocycles. The minimum Gasteiger partial charge on any atom is -0.481 e. The second-order valence-corrected chi connectivity index (χ2v) is 6.10. The van der Waals surface area contributed by atoms with E-state index in [4.69, 9.17) is 5.11 Å². The van der Waals surface area contributed by atoms with Gasteiger partial charge < -0.3 is 15.7 Å². The molecule has 1 saturated heterocycles. The molecule has 0 spiro atoms. The van der Waals surface area contributed by atoms with Crippen molar-refractivity contribution in [2.24, 2.45) is 11.8 Å². The van der Waals surface area contributed by atoms with Gasteiger partial charge in [0.1, 0.15) is 0 Å². The predicted octanol–water partition coefficient (Wildman–Crippen LogP) is 0.535. The summed E-state index contributed by atoms with van der Waals surface area (Å²) in [6.45, 7) is 9.03. The van der Waals surface area contributed by atoms with E-state index >= 15 is 0 Å². The average molecular weight is 299 g/mol. The summed E-state index contributed by atoms with van der Waals surface area (Å²) in [6.07, 6.45) is 1.73. The van der Waals surface area contributed by atoms with Crippen LogP contribution in [0.4, 0.5) is 0 Å². The first kappa shape index (κ1) is 17.9. The molecule has 1 aliphatic heterocycles. The second-order valence-electron chi connectivity index (χ2n) is 6.10. The number of aliphatic carboxylic acids is 1. The van der Waals surface area contributed by atoms with Crippen LogP contribution in [-0.4, -0.2) is 61.2 Å². The van der Waals surface area contributed by atoms with E-state index in [0.29, 0.717) is 31.3 Å². The standard InChI is InChI=1S/C15H29N3O3/c1-12(2)13(3-4-15(20)21)5-6-17-14(19)11-18-9-7-16-8-10-18/h12-13,16H,3-11H2,1-2H3,(H,17,19)(H,20,21). The van der Waals surface area contributed by atoms with Gasteiger partial charge in [-0.25, -0.2) is 0 Å². The Hall–Kier alpha value is -1.14. The number of hydrogen-bond donors (Lipinski definition) is 3. The lowest BCUT2D eigenvalue weighted by molar-refractivity contribution is -0.137. The topological polar surface area (TPSA) is 81.7 Å². The van der Waals surface area contributed by atoms with E-state index in [-0.39, 0.29) is 12.3 Å². The zero-order valence-corrected chi connectivity index (χ0v) is 13.2. The number of carbonyl (C=O) groups is 2. The Bertz CT molecular complexity index is 328. The molecular formula is C15H29N3O3. The van der Waals surface area contributed by atoms with Gasteiger partial charge >= 0.3 is 5.97 Å². The Morgan fingerprint density at radius 3 is 2.48 bits per heavy atom. The Labute approximate surface area is 127 Å². The van der Waals surface area contributed by atoms with Gasteiger partial charge in [-0.1, -0.05) is 13.8 Å². The van der Waals surface area contributed by atoms with Crippen molar-refractivity contribution in [2.75, 3.05) is 39.3 Å². The summed E-state index contributed by atoms with van der Waals surface area (Å²) in [5.74, 6) is 0.107. The third-order valence-electron chi connectivity index (χ3n) is 4.09. The third kappa shape index (κ3) is 8.02. The highest BCUT2D eigenvalue weighted by atomic mass is 16.4. The fourth-order valence-corrected chi connectivity index (χ4v) is 2.65. The molecule has 0 bridgehead atoms. The molecule has 1 amide bonds. The van der Waals surface area contributed by atoms with Crippen LogP contribution in [0.15, 0.2) is 0 Å². The highest BCUT2D eigenvalue weighted by molar-refractivity contribution is 5.78. The molecule has 1 fully saturated rings. The SMILES string of the molecule is CC(C)C(CCNC(=O)CN1CCNCC1)CCC(=O)O. The van der Waals surface area contributed by atoms with E-state index in [0.717, 1.165) is 32.6 Å². The summed E-state index contributed by atoms with van der Waals surface area (Å²) >= 11 is 0. The Morgan fingerprint density at radius 1 is 1.24 bits per heavy atom. The molecule has 122 valence electrons. The molecule has 1 rings (SSSR count). The van der Waals surface area contributed by atoms with Crippen molar-refractivity contribution in [3.8, 4) is 0 Å².